The molecule has 0 aliphatic carbocycles. The van der Waals surface area contributed by atoms with Gasteiger partial charge in [-0.3, -0.25) is 4.79 Å². The first kappa shape index (κ1) is 15.0. The Morgan fingerprint density at radius 3 is 3.06 bits per heavy atom. The number of carbonyl (C=O) groups is 1. The quantitative estimate of drug-likeness (QED) is 0.673. The molecule has 5 nitrogen and oxygen atoms in total. The number of morpholine rings is 1. The highest BCUT2D eigenvalue weighted by atomic mass is 16.6. The van der Waals surface area contributed by atoms with Crippen molar-refractivity contribution >= 4 is 5.91 Å². The highest BCUT2D eigenvalue weighted by molar-refractivity contribution is 5.80. The van der Waals surface area contributed by atoms with Crippen LogP contribution in [0.15, 0.2) is 0 Å². The average Bonchev–Trinajstić information content (AvgIpc) is 2.31. The Kier molecular flexibility index (Phi) is 5.60. The van der Waals surface area contributed by atoms with Crippen LogP contribution in [0.1, 0.15) is 20.8 Å². The SMILES string of the molecule is C#CCNC(=O)C(C)OCC1CNCC(C)(C)O1. The first-order valence-corrected chi connectivity index (χ1v) is 6.16. The van der Waals surface area contributed by atoms with E-state index in [2.05, 4.69) is 16.6 Å². The molecule has 0 aromatic heterocycles. The Bertz CT molecular complexity index is 323. The molecule has 2 unspecified atom stereocenters. The minimum absolute atomic E-state index is 0.0309. The lowest BCUT2D eigenvalue weighted by atomic mass is 10.1. The first-order valence-electron chi connectivity index (χ1n) is 6.16. The molecule has 18 heavy (non-hydrogen) atoms. The fourth-order valence-corrected chi connectivity index (χ4v) is 1.77. The summed E-state index contributed by atoms with van der Waals surface area (Å²) in [5.74, 6) is 2.15. The molecule has 0 radical (unpaired) electrons. The number of nitrogens with one attached hydrogen (secondary N) is 2. The van der Waals surface area contributed by atoms with E-state index < -0.39 is 6.10 Å². The van der Waals surface area contributed by atoms with Crippen LogP contribution in [0, 0.1) is 12.3 Å². The molecular formula is C13H22N2O3. The smallest absolute Gasteiger partial charge is 0.249 e. The van der Waals surface area contributed by atoms with E-state index in [1.165, 1.54) is 0 Å². The van der Waals surface area contributed by atoms with E-state index in [1.807, 2.05) is 13.8 Å². The van der Waals surface area contributed by atoms with E-state index in [9.17, 15) is 4.79 Å². The molecule has 102 valence electrons. The van der Waals surface area contributed by atoms with Crippen LogP contribution in [0.4, 0.5) is 0 Å². The molecule has 0 spiro atoms. The maximum atomic E-state index is 11.5. The van der Waals surface area contributed by atoms with Gasteiger partial charge in [-0.15, -0.1) is 6.42 Å². The molecule has 1 amide bonds. The van der Waals surface area contributed by atoms with Gasteiger partial charge in [0.05, 0.1) is 24.9 Å². The lowest BCUT2D eigenvalue weighted by Gasteiger charge is -2.36. The van der Waals surface area contributed by atoms with Gasteiger partial charge in [0.15, 0.2) is 0 Å². The van der Waals surface area contributed by atoms with E-state index in [-0.39, 0.29) is 24.2 Å². The minimum atomic E-state index is -0.521. The molecule has 1 rings (SSSR count). The normalized spacial score (nSPS) is 24.0. The van der Waals surface area contributed by atoms with Gasteiger partial charge in [0.25, 0.3) is 0 Å². The van der Waals surface area contributed by atoms with Gasteiger partial charge >= 0.3 is 0 Å². The standard InChI is InChI=1S/C13H22N2O3/c1-5-6-15-12(16)10(2)17-8-11-7-14-9-13(3,4)18-11/h1,10-11,14H,6-9H2,2-4H3,(H,15,16). The van der Waals surface area contributed by atoms with Crippen molar-refractivity contribution in [1.29, 1.82) is 0 Å². The molecule has 0 aromatic rings. The monoisotopic (exact) mass is 254 g/mol. The van der Waals surface area contributed by atoms with Gasteiger partial charge in [-0.2, -0.15) is 0 Å². The van der Waals surface area contributed by atoms with Crippen LogP contribution in [-0.2, 0) is 14.3 Å². The molecule has 1 fully saturated rings. The molecule has 2 N–H and O–H groups in total. The lowest BCUT2D eigenvalue weighted by molar-refractivity contribution is -0.144. The van der Waals surface area contributed by atoms with Crippen molar-refractivity contribution in [2.24, 2.45) is 0 Å². The summed E-state index contributed by atoms with van der Waals surface area (Å²) in [7, 11) is 0. The largest absolute Gasteiger partial charge is 0.367 e. The van der Waals surface area contributed by atoms with Crippen LogP contribution in [0.3, 0.4) is 0 Å². The molecule has 1 aliphatic heterocycles. The Labute approximate surface area is 109 Å². The van der Waals surface area contributed by atoms with E-state index in [0.29, 0.717) is 6.61 Å². The van der Waals surface area contributed by atoms with Crippen LogP contribution in [0.25, 0.3) is 0 Å². The van der Waals surface area contributed by atoms with Crippen LogP contribution < -0.4 is 10.6 Å². The van der Waals surface area contributed by atoms with Gasteiger partial charge < -0.3 is 20.1 Å². The van der Waals surface area contributed by atoms with Gasteiger partial charge in [0.1, 0.15) is 6.10 Å². The van der Waals surface area contributed by atoms with Crippen LogP contribution >= 0.6 is 0 Å². The van der Waals surface area contributed by atoms with Crippen LogP contribution in [0.2, 0.25) is 0 Å². The summed E-state index contributed by atoms with van der Waals surface area (Å²) in [6.45, 7) is 7.92. The summed E-state index contributed by atoms with van der Waals surface area (Å²) in [5, 5.41) is 5.86. The predicted octanol–water partition coefficient (Wildman–Crippen LogP) is -0.0921. The Morgan fingerprint density at radius 2 is 2.44 bits per heavy atom. The van der Waals surface area contributed by atoms with E-state index in [1.54, 1.807) is 6.92 Å². The Morgan fingerprint density at radius 1 is 1.72 bits per heavy atom. The second kappa shape index (κ2) is 6.74. The summed E-state index contributed by atoms with van der Waals surface area (Å²) < 4.78 is 11.3. The van der Waals surface area contributed by atoms with Crippen LogP contribution in [-0.4, -0.2) is 50.0 Å². The van der Waals surface area contributed by atoms with Crippen molar-refractivity contribution in [3.05, 3.63) is 0 Å². The third kappa shape index (κ3) is 5.05. The minimum Gasteiger partial charge on any atom is -0.367 e. The topological polar surface area (TPSA) is 59.6 Å². The maximum Gasteiger partial charge on any atom is 0.249 e. The van der Waals surface area contributed by atoms with Gasteiger partial charge in [0, 0.05) is 13.1 Å². The van der Waals surface area contributed by atoms with Crippen LogP contribution in [0.5, 0.6) is 0 Å². The molecule has 1 saturated heterocycles. The summed E-state index contributed by atoms with van der Waals surface area (Å²) >= 11 is 0. The average molecular weight is 254 g/mol. The van der Waals surface area contributed by atoms with Crippen molar-refractivity contribution < 1.29 is 14.3 Å². The van der Waals surface area contributed by atoms with Gasteiger partial charge in [-0.25, -0.2) is 0 Å². The number of carbonyl (C=O) groups excluding carboxylic acids is 1. The zero-order valence-electron chi connectivity index (χ0n) is 11.3. The number of hydrogen-bond donors (Lipinski definition) is 2. The second-order valence-corrected chi connectivity index (χ2v) is 5.03. The fourth-order valence-electron chi connectivity index (χ4n) is 1.77. The number of terminal acetylenes is 1. The third-order valence-electron chi connectivity index (χ3n) is 2.67. The van der Waals surface area contributed by atoms with Crippen molar-refractivity contribution in [2.45, 2.75) is 38.6 Å². The van der Waals surface area contributed by atoms with Gasteiger partial charge in [-0.1, -0.05) is 5.92 Å². The van der Waals surface area contributed by atoms with Crippen molar-refractivity contribution in [3.8, 4) is 12.3 Å². The summed E-state index contributed by atoms with van der Waals surface area (Å²) in [6.07, 6.45) is 4.51. The van der Waals surface area contributed by atoms with E-state index in [4.69, 9.17) is 15.9 Å². The lowest BCUT2D eigenvalue weighted by Crippen LogP contribution is -2.52. The molecule has 5 heteroatoms. The molecule has 1 aliphatic rings. The highest BCUT2D eigenvalue weighted by Crippen LogP contribution is 2.15. The summed E-state index contributed by atoms with van der Waals surface area (Å²) in [4.78, 5) is 11.5. The highest BCUT2D eigenvalue weighted by Gasteiger charge is 2.29. The first-order chi connectivity index (χ1) is 8.44. The van der Waals surface area contributed by atoms with Crippen molar-refractivity contribution in [2.75, 3.05) is 26.2 Å². The van der Waals surface area contributed by atoms with Crippen molar-refractivity contribution in [3.63, 3.8) is 0 Å². The van der Waals surface area contributed by atoms with Crippen molar-refractivity contribution in [1.82, 2.24) is 10.6 Å². The molecule has 0 saturated carbocycles. The predicted molar refractivity (Wildman–Crippen MR) is 69.1 cm³/mol. The second-order valence-electron chi connectivity index (χ2n) is 5.03. The molecule has 1 heterocycles. The molecule has 2 atom stereocenters. The fraction of sp³-hybridized carbons (Fsp3) is 0.769. The molecule has 0 bridgehead atoms. The number of rotatable bonds is 5. The molecular weight excluding hydrogens is 232 g/mol. The zero-order chi connectivity index (χ0) is 13.6. The zero-order valence-corrected chi connectivity index (χ0v) is 11.3. The summed E-state index contributed by atoms with van der Waals surface area (Å²) in [5.41, 5.74) is -0.193. The Balaban J connectivity index is 2.28. The van der Waals surface area contributed by atoms with E-state index >= 15 is 0 Å². The maximum absolute atomic E-state index is 11.5. The third-order valence-corrected chi connectivity index (χ3v) is 2.67. The number of amides is 1. The number of ether oxygens (including phenoxy) is 2. The molecule has 0 aromatic carbocycles. The number of hydrogen-bond acceptors (Lipinski definition) is 4. The Hall–Kier alpha value is -1.09. The van der Waals surface area contributed by atoms with Gasteiger partial charge in [0.2, 0.25) is 5.91 Å². The van der Waals surface area contributed by atoms with E-state index in [0.717, 1.165) is 13.1 Å². The van der Waals surface area contributed by atoms with Gasteiger partial charge in [-0.05, 0) is 20.8 Å². The summed E-state index contributed by atoms with van der Waals surface area (Å²) in [6, 6.07) is 0.